The molecule has 1 aromatic heterocycles. The maximum atomic E-state index is 12.9. The van der Waals surface area contributed by atoms with Crippen LogP contribution in [0.5, 0.6) is 0 Å². The van der Waals surface area contributed by atoms with Gasteiger partial charge in [-0.05, 0) is 29.8 Å². The summed E-state index contributed by atoms with van der Waals surface area (Å²) in [6.45, 7) is 0.521. The lowest BCUT2D eigenvalue weighted by molar-refractivity contribution is 0.623. The molecule has 0 amide bonds. The quantitative estimate of drug-likeness (QED) is 0.732. The van der Waals surface area contributed by atoms with Gasteiger partial charge in [0.05, 0.1) is 0 Å². The fourth-order valence-corrected chi connectivity index (χ4v) is 1.49. The van der Waals surface area contributed by atoms with E-state index in [0.29, 0.717) is 12.2 Å². The van der Waals surface area contributed by atoms with Gasteiger partial charge in [-0.3, -0.25) is 0 Å². The molecule has 1 heterocycles. The average molecular weight is 200 g/mol. The second-order valence-corrected chi connectivity index (χ2v) is 3.26. The van der Waals surface area contributed by atoms with Gasteiger partial charge < -0.3 is 4.57 Å². The summed E-state index contributed by atoms with van der Waals surface area (Å²) in [7, 11) is 0. The minimum absolute atomic E-state index is 0.252. The molecule has 0 saturated carbocycles. The van der Waals surface area contributed by atoms with Crippen LogP contribution in [0.25, 0.3) is 0 Å². The van der Waals surface area contributed by atoms with Gasteiger partial charge in [0.25, 0.3) is 0 Å². The van der Waals surface area contributed by atoms with E-state index in [9.17, 15) is 4.39 Å². The van der Waals surface area contributed by atoms with E-state index >= 15 is 0 Å². The van der Waals surface area contributed by atoms with Crippen molar-refractivity contribution >= 4 is 0 Å². The Morgan fingerprint density at radius 3 is 2.87 bits per heavy atom. The van der Waals surface area contributed by atoms with Gasteiger partial charge in [0, 0.05) is 12.7 Å². The Labute approximate surface area is 87.2 Å². The summed E-state index contributed by atoms with van der Waals surface area (Å²) in [5.74, 6) is -0.252. The van der Waals surface area contributed by atoms with Gasteiger partial charge in [0.2, 0.25) is 0 Å². The molecule has 3 heteroatoms. The third-order valence-corrected chi connectivity index (χ3v) is 2.19. The van der Waals surface area contributed by atoms with Gasteiger partial charge in [0.1, 0.15) is 17.6 Å². The minimum atomic E-state index is -0.252. The summed E-state index contributed by atoms with van der Waals surface area (Å²) in [5.41, 5.74) is 1.43. The number of aromatic nitrogens is 1. The molecule has 0 saturated heterocycles. The maximum absolute atomic E-state index is 12.9. The molecule has 0 bridgehead atoms. The molecule has 0 fully saturated rings. The number of benzene rings is 1. The molecule has 0 aliphatic rings. The van der Waals surface area contributed by atoms with Gasteiger partial charge in [-0.2, -0.15) is 5.26 Å². The van der Waals surface area contributed by atoms with Crippen molar-refractivity contribution in [3.63, 3.8) is 0 Å². The van der Waals surface area contributed by atoms with E-state index < -0.39 is 0 Å². The largest absolute Gasteiger partial charge is 0.335 e. The zero-order valence-electron chi connectivity index (χ0n) is 8.02. The summed E-state index contributed by atoms with van der Waals surface area (Å²) in [6, 6.07) is 12.0. The molecule has 0 unspecified atom stereocenters. The molecule has 0 N–H and O–H groups in total. The SMILES string of the molecule is N#Cc1cccn1Cc1cccc(F)c1. The average Bonchev–Trinajstić information content (AvgIpc) is 2.65. The normalized spacial score (nSPS) is 9.87. The highest BCUT2D eigenvalue weighted by Crippen LogP contribution is 2.08. The second-order valence-electron chi connectivity index (χ2n) is 3.26. The summed E-state index contributed by atoms with van der Waals surface area (Å²) in [4.78, 5) is 0. The molecular weight excluding hydrogens is 191 g/mol. The van der Waals surface area contributed by atoms with Crippen LogP contribution in [0.3, 0.4) is 0 Å². The number of halogens is 1. The fraction of sp³-hybridized carbons (Fsp3) is 0.0833. The Morgan fingerprint density at radius 2 is 2.13 bits per heavy atom. The second kappa shape index (κ2) is 3.97. The molecule has 2 nitrogen and oxygen atoms in total. The highest BCUT2D eigenvalue weighted by molar-refractivity contribution is 5.25. The van der Waals surface area contributed by atoms with Crippen molar-refractivity contribution in [1.82, 2.24) is 4.57 Å². The minimum Gasteiger partial charge on any atom is -0.335 e. The fourth-order valence-electron chi connectivity index (χ4n) is 1.49. The molecule has 74 valence electrons. The Kier molecular flexibility index (Phi) is 2.51. The van der Waals surface area contributed by atoms with Gasteiger partial charge in [-0.25, -0.2) is 4.39 Å². The van der Waals surface area contributed by atoms with Crippen LogP contribution >= 0.6 is 0 Å². The van der Waals surface area contributed by atoms with Crippen molar-refractivity contribution < 1.29 is 4.39 Å². The van der Waals surface area contributed by atoms with Crippen LogP contribution < -0.4 is 0 Å². The lowest BCUT2D eigenvalue weighted by Crippen LogP contribution is -2.00. The highest BCUT2D eigenvalue weighted by Gasteiger charge is 2.01. The molecule has 2 aromatic rings. The van der Waals surface area contributed by atoms with Crippen LogP contribution in [0.15, 0.2) is 42.6 Å². The van der Waals surface area contributed by atoms with Crippen molar-refractivity contribution in [2.45, 2.75) is 6.54 Å². The van der Waals surface area contributed by atoms with E-state index in [1.807, 2.05) is 12.3 Å². The zero-order valence-corrected chi connectivity index (χ0v) is 8.02. The number of rotatable bonds is 2. The maximum Gasteiger partial charge on any atom is 0.123 e. The zero-order chi connectivity index (χ0) is 10.7. The Bertz CT molecular complexity index is 508. The first-order valence-electron chi connectivity index (χ1n) is 4.59. The van der Waals surface area contributed by atoms with E-state index in [1.165, 1.54) is 12.1 Å². The first-order chi connectivity index (χ1) is 7.29. The van der Waals surface area contributed by atoms with Gasteiger partial charge in [-0.15, -0.1) is 0 Å². The van der Waals surface area contributed by atoms with Crippen LogP contribution in [0.4, 0.5) is 4.39 Å². The molecule has 0 spiro atoms. The highest BCUT2D eigenvalue weighted by atomic mass is 19.1. The lowest BCUT2D eigenvalue weighted by atomic mass is 10.2. The topological polar surface area (TPSA) is 28.7 Å². The van der Waals surface area contributed by atoms with Crippen molar-refractivity contribution in [2.75, 3.05) is 0 Å². The van der Waals surface area contributed by atoms with E-state index in [4.69, 9.17) is 5.26 Å². The third-order valence-electron chi connectivity index (χ3n) is 2.19. The number of hydrogen-bond donors (Lipinski definition) is 0. The predicted molar refractivity (Wildman–Crippen MR) is 54.6 cm³/mol. The third kappa shape index (κ3) is 2.05. The van der Waals surface area contributed by atoms with Crippen LogP contribution in [0.2, 0.25) is 0 Å². The van der Waals surface area contributed by atoms with E-state index in [0.717, 1.165) is 5.56 Å². The van der Waals surface area contributed by atoms with Crippen molar-refractivity contribution in [1.29, 1.82) is 5.26 Å². The Hall–Kier alpha value is -2.08. The summed E-state index contributed by atoms with van der Waals surface area (Å²) in [5, 5.41) is 8.80. The van der Waals surface area contributed by atoms with E-state index in [2.05, 4.69) is 6.07 Å². The monoisotopic (exact) mass is 200 g/mol. The van der Waals surface area contributed by atoms with Gasteiger partial charge in [-0.1, -0.05) is 12.1 Å². The standard InChI is InChI=1S/C12H9FN2/c13-11-4-1-3-10(7-11)9-15-6-2-5-12(15)8-14/h1-7H,9H2. The molecule has 1 aromatic carbocycles. The number of nitrogens with zero attached hydrogens (tertiary/aromatic N) is 2. The van der Waals surface area contributed by atoms with Crippen molar-refractivity contribution in [3.05, 3.63) is 59.7 Å². The molecule has 0 aliphatic heterocycles. The molecule has 15 heavy (non-hydrogen) atoms. The van der Waals surface area contributed by atoms with Crippen LogP contribution in [0.1, 0.15) is 11.3 Å². The molecule has 0 atom stereocenters. The van der Waals surface area contributed by atoms with Crippen LogP contribution in [-0.4, -0.2) is 4.57 Å². The Morgan fingerprint density at radius 1 is 1.27 bits per heavy atom. The number of hydrogen-bond acceptors (Lipinski definition) is 1. The predicted octanol–water partition coefficient (Wildman–Crippen LogP) is 2.55. The lowest BCUT2D eigenvalue weighted by Gasteiger charge is -2.04. The summed E-state index contributed by atoms with van der Waals surface area (Å²) >= 11 is 0. The smallest absolute Gasteiger partial charge is 0.123 e. The van der Waals surface area contributed by atoms with Crippen molar-refractivity contribution in [3.8, 4) is 6.07 Å². The first kappa shape index (κ1) is 9.47. The summed E-state index contributed by atoms with van der Waals surface area (Å²) < 4.78 is 14.7. The van der Waals surface area contributed by atoms with E-state index in [1.54, 1.807) is 22.8 Å². The summed E-state index contributed by atoms with van der Waals surface area (Å²) in [6.07, 6.45) is 1.81. The van der Waals surface area contributed by atoms with Gasteiger partial charge >= 0.3 is 0 Å². The first-order valence-corrected chi connectivity index (χ1v) is 4.59. The molecule has 0 radical (unpaired) electrons. The van der Waals surface area contributed by atoms with E-state index in [-0.39, 0.29) is 5.82 Å². The molecular formula is C12H9FN2. The van der Waals surface area contributed by atoms with Gasteiger partial charge in [0.15, 0.2) is 0 Å². The Balaban J connectivity index is 2.26. The molecule has 0 aliphatic carbocycles. The van der Waals surface area contributed by atoms with Crippen LogP contribution in [-0.2, 0) is 6.54 Å². The van der Waals surface area contributed by atoms with Crippen LogP contribution in [0, 0.1) is 17.1 Å². The van der Waals surface area contributed by atoms with Crippen molar-refractivity contribution in [2.24, 2.45) is 0 Å². The number of nitriles is 1. The molecule has 2 rings (SSSR count).